The molecular formula is C18H17NOS. The molecule has 0 saturated heterocycles. The van der Waals surface area contributed by atoms with E-state index in [1.165, 1.54) is 11.3 Å². The normalized spacial score (nSPS) is 10.7. The zero-order chi connectivity index (χ0) is 14.7. The molecule has 0 atom stereocenters. The number of rotatable bonds is 4. The molecule has 0 fully saturated rings. The van der Waals surface area contributed by atoms with E-state index in [-0.39, 0.29) is 4.87 Å². The molecule has 0 aliphatic heterocycles. The highest BCUT2D eigenvalue weighted by Gasteiger charge is 2.17. The molecule has 0 saturated carbocycles. The Bertz CT molecular complexity index is 772. The Hall–Kier alpha value is -2.13. The van der Waals surface area contributed by atoms with Gasteiger partial charge in [-0.25, -0.2) is 0 Å². The Labute approximate surface area is 128 Å². The number of hydrogen-bond donors (Lipinski definition) is 0. The Morgan fingerprint density at radius 1 is 0.905 bits per heavy atom. The fraction of sp³-hybridized carbons (Fsp3) is 0.167. The molecule has 21 heavy (non-hydrogen) atoms. The van der Waals surface area contributed by atoms with Crippen LogP contribution in [0.4, 0.5) is 0 Å². The smallest absolute Gasteiger partial charge is 0.298 e. The molecule has 3 aromatic rings. The highest BCUT2D eigenvalue weighted by molar-refractivity contribution is 7.13. The first-order valence-corrected chi connectivity index (χ1v) is 7.97. The lowest BCUT2D eigenvalue weighted by atomic mass is 10.1. The zero-order valence-corrected chi connectivity index (χ0v) is 12.8. The Kier molecular flexibility index (Phi) is 4.02. The van der Waals surface area contributed by atoms with Crippen molar-refractivity contribution >= 4 is 11.3 Å². The van der Waals surface area contributed by atoms with Crippen LogP contribution in [0.25, 0.3) is 21.7 Å². The first kappa shape index (κ1) is 13.8. The third kappa shape index (κ3) is 2.69. The molecule has 3 rings (SSSR count). The van der Waals surface area contributed by atoms with Crippen LogP contribution in [0.1, 0.15) is 13.3 Å². The van der Waals surface area contributed by atoms with Gasteiger partial charge in [0.05, 0.1) is 10.6 Å². The van der Waals surface area contributed by atoms with Gasteiger partial charge >= 0.3 is 4.87 Å². The van der Waals surface area contributed by atoms with Crippen molar-refractivity contribution in [2.75, 3.05) is 0 Å². The molecule has 0 bridgehead atoms. The summed E-state index contributed by atoms with van der Waals surface area (Å²) in [4.78, 5) is 13.6. The van der Waals surface area contributed by atoms with Gasteiger partial charge in [0.15, 0.2) is 0 Å². The van der Waals surface area contributed by atoms with E-state index >= 15 is 0 Å². The molecule has 2 nitrogen and oxygen atoms in total. The summed E-state index contributed by atoms with van der Waals surface area (Å²) in [5.41, 5.74) is 3.25. The SMILES string of the molecule is CCCn1c(-c2ccccc2)c(-c2ccccc2)sc1=O. The van der Waals surface area contributed by atoms with Gasteiger partial charge in [0, 0.05) is 6.54 Å². The maximum atomic E-state index is 12.4. The number of hydrogen-bond acceptors (Lipinski definition) is 2. The van der Waals surface area contributed by atoms with Crippen LogP contribution in [-0.2, 0) is 6.54 Å². The van der Waals surface area contributed by atoms with Gasteiger partial charge in [0.25, 0.3) is 0 Å². The zero-order valence-electron chi connectivity index (χ0n) is 12.0. The van der Waals surface area contributed by atoms with Crippen molar-refractivity contribution in [3.8, 4) is 21.7 Å². The third-order valence-electron chi connectivity index (χ3n) is 3.43. The van der Waals surface area contributed by atoms with E-state index in [9.17, 15) is 4.79 Å². The van der Waals surface area contributed by atoms with Crippen LogP contribution >= 0.6 is 11.3 Å². The van der Waals surface area contributed by atoms with Crippen molar-refractivity contribution in [3.63, 3.8) is 0 Å². The van der Waals surface area contributed by atoms with Gasteiger partial charge in [-0.3, -0.25) is 9.36 Å². The fourth-order valence-corrected chi connectivity index (χ4v) is 3.55. The number of benzene rings is 2. The minimum absolute atomic E-state index is 0.120. The molecule has 1 heterocycles. The number of nitrogens with zero attached hydrogens (tertiary/aromatic N) is 1. The van der Waals surface area contributed by atoms with Crippen LogP contribution in [0, 0.1) is 0 Å². The molecule has 1 aromatic heterocycles. The molecule has 0 unspecified atom stereocenters. The quantitative estimate of drug-likeness (QED) is 0.686. The van der Waals surface area contributed by atoms with Gasteiger partial charge in [-0.05, 0) is 17.5 Å². The monoisotopic (exact) mass is 295 g/mol. The van der Waals surface area contributed by atoms with Crippen LogP contribution in [0.2, 0.25) is 0 Å². The standard InChI is InChI=1S/C18H17NOS/c1-2-13-19-16(14-9-5-3-6-10-14)17(21-18(19)20)15-11-7-4-8-12-15/h3-12H,2,13H2,1H3. The van der Waals surface area contributed by atoms with E-state index in [1.807, 2.05) is 41.0 Å². The molecule has 0 radical (unpaired) electrons. The molecule has 2 aromatic carbocycles. The Morgan fingerprint density at radius 3 is 2.05 bits per heavy atom. The summed E-state index contributed by atoms with van der Waals surface area (Å²) in [6.07, 6.45) is 0.949. The van der Waals surface area contributed by atoms with Gasteiger partial charge in [-0.15, -0.1) is 0 Å². The van der Waals surface area contributed by atoms with Crippen molar-refractivity contribution in [1.29, 1.82) is 0 Å². The second kappa shape index (κ2) is 6.10. The first-order chi connectivity index (χ1) is 10.3. The van der Waals surface area contributed by atoms with E-state index in [1.54, 1.807) is 0 Å². The van der Waals surface area contributed by atoms with E-state index in [0.29, 0.717) is 0 Å². The summed E-state index contributed by atoms with van der Waals surface area (Å²) in [5, 5.41) is 0. The summed E-state index contributed by atoms with van der Waals surface area (Å²) in [7, 11) is 0. The maximum absolute atomic E-state index is 12.4. The summed E-state index contributed by atoms with van der Waals surface area (Å²) in [5.74, 6) is 0. The molecule has 0 aliphatic rings. The fourth-order valence-electron chi connectivity index (χ4n) is 2.50. The van der Waals surface area contributed by atoms with Gasteiger partial charge < -0.3 is 0 Å². The molecule has 0 aliphatic carbocycles. The van der Waals surface area contributed by atoms with Crippen LogP contribution in [0.5, 0.6) is 0 Å². The average Bonchev–Trinajstić information content (AvgIpc) is 2.86. The average molecular weight is 295 g/mol. The largest absolute Gasteiger partial charge is 0.308 e. The number of aromatic nitrogens is 1. The van der Waals surface area contributed by atoms with Crippen LogP contribution in [0.3, 0.4) is 0 Å². The van der Waals surface area contributed by atoms with Crippen molar-refractivity contribution in [2.45, 2.75) is 19.9 Å². The van der Waals surface area contributed by atoms with E-state index in [4.69, 9.17) is 0 Å². The first-order valence-electron chi connectivity index (χ1n) is 7.15. The molecule has 0 N–H and O–H groups in total. The highest BCUT2D eigenvalue weighted by atomic mass is 32.1. The van der Waals surface area contributed by atoms with Crippen molar-refractivity contribution in [3.05, 3.63) is 70.3 Å². The lowest BCUT2D eigenvalue weighted by molar-refractivity contribution is 0.676. The Morgan fingerprint density at radius 2 is 1.48 bits per heavy atom. The van der Waals surface area contributed by atoms with Crippen LogP contribution in [0.15, 0.2) is 65.5 Å². The van der Waals surface area contributed by atoms with Gasteiger partial charge in [0.2, 0.25) is 0 Å². The number of thiazole rings is 1. The Balaban J connectivity index is 2.26. The third-order valence-corrected chi connectivity index (χ3v) is 4.45. The van der Waals surface area contributed by atoms with Gasteiger partial charge in [-0.2, -0.15) is 0 Å². The molecular weight excluding hydrogens is 278 g/mol. The molecule has 0 spiro atoms. The van der Waals surface area contributed by atoms with E-state index in [2.05, 4.69) is 31.2 Å². The topological polar surface area (TPSA) is 22.0 Å². The van der Waals surface area contributed by atoms with Crippen molar-refractivity contribution in [2.24, 2.45) is 0 Å². The second-order valence-corrected chi connectivity index (χ2v) is 5.89. The van der Waals surface area contributed by atoms with Crippen LogP contribution in [-0.4, -0.2) is 4.57 Å². The predicted octanol–water partition coefficient (Wildman–Crippen LogP) is 4.65. The molecule has 3 heteroatoms. The molecule has 0 amide bonds. The van der Waals surface area contributed by atoms with Gasteiger partial charge in [-0.1, -0.05) is 78.9 Å². The summed E-state index contributed by atoms with van der Waals surface area (Å²) < 4.78 is 1.91. The lowest BCUT2D eigenvalue weighted by Gasteiger charge is -2.09. The summed E-state index contributed by atoms with van der Waals surface area (Å²) in [6.45, 7) is 2.85. The minimum atomic E-state index is 0.120. The summed E-state index contributed by atoms with van der Waals surface area (Å²) >= 11 is 1.34. The maximum Gasteiger partial charge on any atom is 0.308 e. The van der Waals surface area contributed by atoms with Crippen molar-refractivity contribution in [1.82, 2.24) is 4.57 Å². The van der Waals surface area contributed by atoms with E-state index < -0.39 is 0 Å². The van der Waals surface area contributed by atoms with Crippen LogP contribution < -0.4 is 4.87 Å². The second-order valence-electron chi connectivity index (χ2n) is 4.93. The minimum Gasteiger partial charge on any atom is -0.298 e. The van der Waals surface area contributed by atoms with Crippen molar-refractivity contribution < 1.29 is 0 Å². The molecule has 106 valence electrons. The van der Waals surface area contributed by atoms with Gasteiger partial charge in [0.1, 0.15) is 0 Å². The summed E-state index contributed by atoms with van der Waals surface area (Å²) in [6, 6.07) is 20.3. The lowest BCUT2D eigenvalue weighted by Crippen LogP contribution is -2.13. The highest BCUT2D eigenvalue weighted by Crippen LogP contribution is 2.34. The predicted molar refractivity (Wildman–Crippen MR) is 89.7 cm³/mol. The van der Waals surface area contributed by atoms with E-state index in [0.717, 1.165) is 34.7 Å².